The first-order chi connectivity index (χ1) is 8.72. The third kappa shape index (κ3) is 2.49. The third-order valence-electron chi connectivity index (χ3n) is 3.74. The van der Waals surface area contributed by atoms with Crippen LogP contribution in [0.4, 0.5) is 0 Å². The first kappa shape index (κ1) is 13.3. The van der Waals surface area contributed by atoms with Crippen LogP contribution in [0.25, 0.3) is 0 Å². The zero-order valence-corrected chi connectivity index (χ0v) is 11.2. The fraction of sp³-hybridized carbons (Fsp3) is 0.643. The highest BCUT2D eigenvalue weighted by Gasteiger charge is 2.43. The average Bonchev–Trinajstić information content (AvgIpc) is 2.36. The summed E-state index contributed by atoms with van der Waals surface area (Å²) in [5.41, 5.74) is 7.11. The van der Waals surface area contributed by atoms with Crippen LogP contribution in [0, 0.1) is 0 Å². The second kappa shape index (κ2) is 5.67. The van der Waals surface area contributed by atoms with Crippen molar-refractivity contribution >= 4 is 0 Å². The van der Waals surface area contributed by atoms with E-state index in [2.05, 4.69) is 11.9 Å². The Morgan fingerprint density at radius 1 is 1.44 bits per heavy atom. The fourth-order valence-corrected chi connectivity index (χ4v) is 2.38. The number of pyridine rings is 1. The molecule has 2 N–H and O–H groups in total. The number of methoxy groups -OCH3 is 1. The van der Waals surface area contributed by atoms with Gasteiger partial charge in [-0.1, -0.05) is 6.92 Å². The van der Waals surface area contributed by atoms with E-state index in [0.717, 1.165) is 30.6 Å². The number of nitrogens with zero attached hydrogens (tertiary/aromatic N) is 1. The van der Waals surface area contributed by atoms with Gasteiger partial charge in [0.1, 0.15) is 5.75 Å². The maximum Gasteiger partial charge on any atom is 0.137 e. The van der Waals surface area contributed by atoms with Crippen molar-refractivity contribution in [3.63, 3.8) is 0 Å². The van der Waals surface area contributed by atoms with E-state index in [0.29, 0.717) is 6.61 Å². The first-order valence-corrected chi connectivity index (χ1v) is 6.60. The van der Waals surface area contributed by atoms with Gasteiger partial charge in [-0.2, -0.15) is 0 Å². The van der Waals surface area contributed by atoms with E-state index < -0.39 is 0 Å². The smallest absolute Gasteiger partial charge is 0.137 e. The van der Waals surface area contributed by atoms with Crippen LogP contribution in [0.2, 0.25) is 0 Å². The molecule has 1 unspecified atom stereocenters. The molecule has 1 atom stereocenters. The lowest BCUT2D eigenvalue weighted by Gasteiger charge is -2.45. The lowest BCUT2D eigenvalue weighted by Crippen LogP contribution is -2.48. The summed E-state index contributed by atoms with van der Waals surface area (Å²) in [6.45, 7) is 2.78. The molecule has 0 spiro atoms. The molecule has 0 bridgehead atoms. The minimum atomic E-state index is -0.203. The van der Waals surface area contributed by atoms with Crippen molar-refractivity contribution in [3.05, 3.63) is 24.0 Å². The van der Waals surface area contributed by atoms with Gasteiger partial charge < -0.3 is 15.2 Å². The normalized spacial score (nSPS) is 19.1. The summed E-state index contributed by atoms with van der Waals surface area (Å²) >= 11 is 0. The second-order valence-electron chi connectivity index (χ2n) is 4.90. The van der Waals surface area contributed by atoms with Crippen molar-refractivity contribution in [2.24, 2.45) is 5.73 Å². The largest absolute Gasteiger partial charge is 0.492 e. The highest BCUT2D eigenvalue weighted by Crippen LogP contribution is 2.43. The van der Waals surface area contributed by atoms with E-state index in [9.17, 15) is 0 Å². The number of nitrogens with two attached hydrogens (primary N) is 1. The SMILES string of the molecule is CCCOc1cncc(C(N)C2(OC)CCC2)c1. The van der Waals surface area contributed by atoms with Gasteiger partial charge in [0.2, 0.25) is 0 Å². The van der Waals surface area contributed by atoms with Crippen molar-refractivity contribution in [2.75, 3.05) is 13.7 Å². The quantitative estimate of drug-likeness (QED) is 0.842. The monoisotopic (exact) mass is 250 g/mol. The van der Waals surface area contributed by atoms with Crippen LogP contribution in [0.1, 0.15) is 44.2 Å². The van der Waals surface area contributed by atoms with Gasteiger partial charge in [-0.3, -0.25) is 4.98 Å². The molecule has 1 heterocycles. The van der Waals surface area contributed by atoms with Gasteiger partial charge in [-0.25, -0.2) is 0 Å². The standard InChI is InChI=1S/C14H22N2O2/c1-3-7-18-12-8-11(9-16-10-12)13(15)14(17-2)5-4-6-14/h8-10,13H,3-7,15H2,1-2H3. The maximum absolute atomic E-state index is 6.32. The van der Waals surface area contributed by atoms with Gasteiger partial charge in [0.15, 0.2) is 0 Å². The Morgan fingerprint density at radius 3 is 2.78 bits per heavy atom. The van der Waals surface area contributed by atoms with Crippen LogP contribution in [-0.2, 0) is 4.74 Å². The molecular formula is C14H22N2O2. The zero-order valence-electron chi connectivity index (χ0n) is 11.2. The summed E-state index contributed by atoms with van der Waals surface area (Å²) in [5, 5.41) is 0. The Hall–Kier alpha value is -1.13. The number of aromatic nitrogens is 1. The number of hydrogen-bond donors (Lipinski definition) is 1. The summed E-state index contributed by atoms with van der Waals surface area (Å²) < 4.78 is 11.2. The average molecular weight is 250 g/mol. The van der Waals surface area contributed by atoms with Gasteiger partial charge in [0.25, 0.3) is 0 Å². The van der Waals surface area contributed by atoms with Gasteiger partial charge in [0.05, 0.1) is 24.4 Å². The van der Waals surface area contributed by atoms with E-state index in [1.54, 1.807) is 13.3 Å². The molecule has 1 aliphatic rings. The Bertz CT molecular complexity index is 386. The molecule has 18 heavy (non-hydrogen) atoms. The highest BCUT2D eigenvalue weighted by atomic mass is 16.5. The molecule has 0 saturated heterocycles. The second-order valence-corrected chi connectivity index (χ2v) is 4.90. The summed E-state index contributed by atoms with van der Waals surface area (Å²) in [6, 6.07) is 1.85. The zero-order chi connectivity index (χ0) is 13.0. The number of rotatable bonds is 6. The van der Waals surface area contributed by atoms with Crippen molar-refractivity contribution < 1.29 is 9.47 Å². The molecule has 0 amide bonds. The van der Waals surface area contributed by atoms with Gasteiger partial charge in [0, 0.05) is 13.3 Å². The van der Waals surface area contributed by atoms with Crippen LogP contribution in [0.15, 0.2) is 18.5 Å². The van der Waals surface area contributed by atoms with Crippen molar-refractivity contribution in [3.8, 4) is 5.75 Å². The minimum absolute atomic E-state index is 0.131. The van der Waals surface area contributed by atoms with E-state index in [4.69, 9.17) is 15.2 Å². The lowest BCUT2D eigenvalue weighted by molar-refractivity contribution is -0.0912. The highest BCUT2D eigenvalue weighted by molar-refractivity contribution is 5.28. The summed E-state index contributed by atoms with van der Waals surface area (Å²) in [4.78, 5) is 4.20. The molecule has 100 valence electrons. The number of ether oxygens (including phenoxy) is 2. The fourth-order valence-electron chi connectivity index (χ4n) is 2.38. The molecule has 2 rings (SSSR count). The van der Waals surface area contributed by atoms with Gasteiger partial charge in [-0.15, -0.1) is 0 Å². The molecule has 0 aromatic carbocycles. The van der Waals surface area contributed by atoms with Crippen LogP contribution >= 0.6 is 0 Å². The van der Waals surface area contributed by atoms with Crippen LogP contribution in [0.5, 0.6) is 5.75 Å². The first-order valence-electron chi connectivity index (χ1n) is 6.60. The third-order valence-corrected chi connectivity index (χ3v) is 3.74. The Kier molecular flexibility index (Phi) is 4.19. The van der Waals surface area contributed by atoms with Gasteiger partial charge >= 0.3 is 0 Å². The Balaban J connectivity index is 2.12. The van der Waals surface area contributed by atoms with E-state index >= 15 is 0 Å². The maximum atomic E-state index is 6.32. The molecule has 1 aromatic heterocycles. The Labute approximate surface area is 108 Å². The van der Waals surface area contributed by atoms with Crippen molar-refractivity contribution in [1.82, 2.24) is 4.98 Å². The van der Waals surface area contributed by atoms with Crippen LogP contribution in [-0.4, -0.2) is 24.3 Å². The molecule has 1 aliphatic carbocycles. The summed E-state index contributed by atoms with van der Waals surface area (Å²) in [7, 11) is 1.74. The predicted octanol–water partition coefficient (Wildman–Crippen LogP) is 2.44. The van der Waals surface area contributed by atoms with Crippen LogP contribution < -0.4 is 10.5 Å². The van der Waals surface area contributed by atoms with E-state index in [-0.39, 0.29) is 11.6 Å². The molecule has 0 aliphatic heterocycles. The van der Waals surface area contributed by atoms with Crippen molar-refractivity contribution in [1.29, 1.82) is 0 Å². The predicted molar refractivity (Wildman–Crippen MR) is 70.5 cm³/mol. The topological polar surface area (TPSA) is 57.4 Å². The minimum Gasteiger partial charge on any atom is -0.492 e. The molecule has 1 aromatic rings. The molecule has 1 fully saturated rings. The molecule has 0 radical (unpaired) electrons. The molecule has 4 heteroatoms. The van der Waals surface area contributed by atoms with Crippen LogP contribution in [0.3, 0.4) is 0 Å². The molecule has 4 nitrogen and oxygen atoms in total. The summed E-state index contributed by atoms with van der Waals surface area (Å²) in [6.07, 6.45) is 7.74. The van der Waals surface area contributed by atoms with E-state index in [1.807, 2.05) is 12.3 Å². The van der Waals surface area contributed by atoms with E-state index in [1.165, 1.54) is 6.42 Å². The van der Waals surface area contributed by atoms with Gasteiger partial charge in [-0.05, 0) is 37.3 Å². The lowest BCUT2D eigenvalue weighted by atomic mass is 9.73. The number of hydrogen-bond acceptors (Lipinski definition) is 4. The van der Waals surface area contributed by atoms with Crippen molar-refractivity contribution in [2.45, 2.75) is 44.2 Å². The Morgan fingerprint density at radius 2 is 2.22 bits per heavy atom. The molecule has 1 saturated carbocycles. The summed E-state index contributed by atoms with van der Waals surface area (Å²) in [5.74, 6) is 0.787. The molecular weight excluding hydrogens is 228 g/mol.